The molecule has 1 fully saturated rings. The fraction of sp³-hybridized carbons (Fsp3) is 0.625. The first kappa shape index (κ1) is 22.2. The summed E-state index contributed by atoms with van der Waals surface area (Å²) >= 11 is 0. The van der Waals surface area contributed by atoms with E-state index in [2.05, 4.69) is 19.2 Å². The van der Waals surface area contributed by atoms with Crippen LogP contribution in [0.25, 0.3) is 0 Å². The van der Waals surface area contributed by atoms with Gasteiger partial charge in [0.2, 0.25) is 0 Å². The molecule has 0 aromatic carbocycles. The van der Waals surface area contributed by atoms with Crippen LogP contribution in [0, 0.1) is 0 Å². The minimum absolute atomic E-state index is 0.0000926. The number of aliphatic hydroxyl groups excluding tert-OH is 1. The molecular weight excluding hydrogens is 224 g/mol. The maximum Gasteiger partial charge on any atom is 0.122 e. The van der Waals surface area contributed by atoms with Crippen LogP contribution in [0.15, 0.2) is 36.6 Å². The van der Waals surface area contributed by atoms with Crippen molar-refractivity contribution in [3.8, 4) is 0 Å². The van der Waals surface area contributed by atoms with Crippen molar-refractivity contribution in [1.29, 1.82) is 0 Å². The van der Waals surface area contributed by atoms with Gasteiger partial charge in [0, 0.05) is 0 Å². The van der Waals surface area contributed by atoms with Crippen LogP contribution in [0.2, 0.25) is 0 Å². The molecule has 1 aliphatic rings. The van der Waals surface area contributed by atoms with Crippen molar-refractivity contribution in [1.82, 2.24) is 0 Å². The number of ether oxygens (including phenoxy) is 1. The van der Waals surface area contributed by atoms with Crippen LogP contribution in [-0.2, 0) is 4.74 Å². The Morgan fingerprint density at radius 2 is 1.67 bits per heavy atom. The first-order chi connectivity index (χ1) is 8.81. The van der Waals surface area contributed by atoms with E-state index in [9.17, 15) is 0 Å². The molecule has 2 nitrogen and oxygen atoms in total. The maximum absolute atomic E-state index is 8.89. The second-order valence-corrected chi connectivity index (χ2v) is 2.93. The summed E-state index contributed by atoms with van der Waals surface area (Å²) in [4.78, 5) is 0. The van der Waals surface area contributed by atoms with Crippen LogP contribution in [0.4, 0.5) is 0 Å². The van der Waals surface area contributed by atoms with Crippen molar-refractivity contribution < 1.29 is 9.84 Å². The summed E-state index contributed by atoms with van der Waals surface area (Å²) in [5.74, 6) is 0.933. The van der Waals surface area contributed by atoms with Gasteiger partial charge >= 0.3 is 0 Å². The van der Waals surface area contributed by atoms with E-state index < -0.39 is 0 Å². The molecule has 0 bridgehead atoms. The standard InChI is InChI=1S/C10H16O2.2C2H6.C2H4/c1-3-8-5-6-9(7-11)12-10(8)4-2;3*1-2/h3-4,9,11H,5-7H2,1-2H3;2*1-2H3;1-2H2/b8-3-,10-4+;;;. The van der Waals surface area contributed by atoms with Crippen LogP contribution in [0.5, 0.6) is 0 Å². The summed E-state index contributed by atoms with van der Waals surface area (Å²) < 4.78 is 5.53. The summed E-state index contributed by atoms with van der Waals surface area (Å²) in [5, 5.41) is 8.89. The van der Waals surface area contributed by atoms with E-state index in [1.807, 2.05) is 47.6 Å². The molecule has 18 heavy (non-hydrogen) atoms. The van der Waals surface area contributed by atoms with E-state index in [0.717, 1.165) is 18.6 Å². The lowest BCUT2D eigenvalue weighted by atomic mass is 10.0. The zero-order valence-corrected chi connectivity index (χ0v) is 13.1. The van der Waals surface area contributed by atoms with Gasteiger partial charge in [-0.15, -0.1) is 13.2 Å². The van der Waals surface area contributed by atoms with Gasteiger partial charge in [-0.1, -0.05) is 33.8 Å². The average Bonchev–Trinajstić information content (AvgIpc) is 2.52. The Hall–Kier alpha value is -1.02. The van der Waals surface area contributed by atoms with Crippen molar-refractivity contribution in [3.63, 3.8) is 0 Å². The van der Waals surface area contributed by atoms with E-state index in [1.165, 1.54) is 5.57 Å². The normalized spacial score (nSPS) is 21.4. The van der Waals surface area contributed by atoms with Gasteiger partial charge < -0.3 is 9.84 Å². The molecule has 1 unspecified atom stereocenters. The third-order valence-corrected chi connectivity index (χ3v) is 2.16. The SMILES string of the molecule is C/C=C1/CCC(CO)O/C1=C/C.C=C.CC.CC. The number of hydrogen-bond acceptors (Lipinski definition) is 2. The molecule has 1 N–H and O–H groups in total. The Morgan fingerprint density at radius 3 is 2.00 bits per heavy atom. The molecule has 0 spiro atoms. The van der Waals surface area contributed by atoms with Crippen LogP contribution >= 0.6 is 0 Å². The summed E-state index contributed by atoms with van der Waals surface area (Å²) in [5.41, 5.74) is 1.25. The predicted octanol–water partition coefficient (Wildman–Crippen LogP) is 4.86. The van der Waals surface area contributed by atoms with E-state index in [0.29, 0.717) is 0 Å². The van der Waals surface area contributed by atoms with Gasteiger partial charge in [-0.3, -0.25) is 0 Å². The quantitative estimate of drug-likeness (QED) is 0.679. The second-order valence-electron chi connectivity index (χ2n) is 2.93. The van der Waals surface area contributed by atoms with E-state index in [1.54, 1.807) is 0 Å². The third-order valence-electron chi connectivity index (χ3n) is 2.16. The topological polar surface area (TPSA) is 29.5 Å². The third kappa shape index (κ3) is 9.06. The minimum atomic E-state index is -0.0000926. The Bertz CT molecular complexity index is 217. The minimum Gasteiger partial charge on any atom is -0.488 e. The molecular formula is C16H32O2. The van der Waals surface area contributed by atoms with Gasteiger partial charge in [0.1, 0.15) is 11.9 Å². The monoisotopic (exact) mass is 256 g/mol. The molecule has 1 heterocycles. The average molecular weight is 256 g/mol. The van der Waals surface area contributed by atoms with Gasteiger partial charge in [0.05, 0.1) is 6.61 Å². The van der Waals surface area contributed by atoms with Crippen molar-refractivity contribution in [3.05, 3.63) is 36.6 Å². The van der Waals surface area contributed by atoms with Crippen molar-refractivity contribution in [2.75, 3.05) is 6.61 Å². The molecule has 0 radical (unpaired) electrons. The highest BCUT2D eigenvalue weighted by Crippen LogP contribution is 2.26. The first-order valence-corrected chi connectivity index (χ1v) is 6.91. The Labute approximate surface area is 114 Å². The first-order valence-electron chi connectivity index (χ1n) is 6.91. The molecule has 0 aliphatic carbocycles. The number of allylic oxidation sites excluding steroid dienone is 3. The highest BCUT2D eigenvalue weighted by atomic mass is 16.5. The molecule has 2 heteroatoms. The lowest BCUT2D eigenvalue weighted by molar-refractivity contribution is 0.0429. The molecule has 108 valence electrons. The fourth-order valence-electron chi connectivity index (χ4n) is 1.42. The van der Waals surface area contributed by atoms with Crippen LogP contribution in [-0.4, -0.2) is 17.8 Å². The molecule has 1 rings (SSSR count). The van der Waals surface area contributed by atoms with Crippen LogP contribution in [0.1, 0.15) is 54.4 Å². The zero-order chi connectivity index (χ0) is 15.0. The maximum atomic E-state index is 8.89. The number of rotatable bonds is 1. The van der Waals surface area contributed by atoms with E-state index in [4.69, 9.17) is 9.84 Å². The summed E-state index contributed by atoms with van der Waals surface area (Å²) in [6, 6.07) is 0. The number of hydrogen-bond donors (Lipinski definition) is 1. The molecule has 1 atom stereocenters. The van der Waals surface area contributed by atoms with Gasteiger partial charge in [0.25, 0.3) is 0 Å². The smallest absolute Gasteiger partial charge is 0.122 e. The summed E-state index contributed by atoms with van der Waals surface area (Å²) in [6.07, 6.45) is 5.97. The van der Waals surface area contributed by atoms with Crippen LogP contribution in [0.3, 0.4) is 0 Å². The van der Waals surface area contributed by atoms with Crippen molar-refractivity contribution in [2.24, 2.45) is 0 Å². The van der Waals surface area contributed by atoms with E-state index >= 15 is 0 Å². The highest BCUT2D eigenvalue weighted by molar-refractivity contribution is 5.26. The predicted molar refractivity (Wildman–Crippen MR) is 82.7 cm³/mol. The molecule has 0 aromatic rings. The molecule has 0 saturated carbocycles. The fourth-order valence-corrected chi connectivity index (χ4v) is 1.42. The zero-order valence-electron chi connectivity index (χ0n) is 13.1. The lowest BCUT2D eigenvalue weighted by Crippen LogP contribution is -2.22. The van der Waals surface area contributed by atoms with Crippen molar-refractivity contribution in [2.45, 2.75) is 60.5 Å². The van der Waals surface area contributed by atoms with Gasteiger partial charge in [-0.2, -0.15) is 0 Å². The van der Waals surface area contributed by atoms with Crippen LogP contribution < -0.4 is 0 Å². The lowest BCUT2D eigenvalue weighted by Gasteiger charge is -2.26. The molecule has 0 amide bonds. The largest absolute Gasteiger partial charge is 0.488 e. The Balaban J connectivity index is -0.000000328. The molecule has 1 aliphatic heterocycles. The second kappa shape index (κ2) is 18.3. The Kier molecular flexibility index (Phi) is 22.6. The summed E-state index contributed by atoms with van der Waals surface area (Å²) in [6.45, 7) is 18.1. The van der Waals surface area contributed by atoms with Crippen molar-refractivity contribution >= 4 is 0 Å². The van der Waals surface area contributed by atoms with Gasteiger partial charge in [0.15, 0.2) is 0 Å². The molecule has 0 aromatic heterocycles. The number of aliphatic hydroxyl groups is 1. The summed E-state index contributed by atoms with van der Waals surface area (Å²) in [7, 11) is 0. The van der Waals surface area contributed by atoms with E-state index in [-0.39, 0.29) is 12.7 Å². The van der Waals surface area contributed by atoms with Gasteiger partial charge in [-0.05, 0) is 38.3 Å². The van der Waals surface area contributed by atoms with Gasteiger partial charge in [-0.25, -0.2) is 0 Å². The Morgan fingerprint density at radius 1 is 1.17 bits per heavy atom. The molecule has 1 saturated heterocycles. The highest BCUT2D eigenvalue weighted by Gasteiger charge is 2.19.